The molecule has 0 aromatic carbocycles. The summed E-state index contributed by atoms with van der Waals surface area (Å²) in [5.74, 6) is 0. The summed E-state index contributed by atoms with van der Waals surface area (Å²) in [5.41, 5.74) is 2.20. The number of H-pyrrole nitrogens is 1. The first kappa shape index (κ1) is 12.3. The van der Waals surface area contributed by atoms with Crippen molar-refractivity contribution >= 4 is 35.2 Å². The number of carbonyl (C=O) groups is 1. The Morgan fingerprint density at radius 3 is 3.06 bits per heavy atom. The van der Waals surface area contributed by atoms with Crippen molar-refractivity contribution in [2.45, 2.75) is 25.8 Å². The van der Waals surface area contributed by atoms with Crippen LogP contribution in [0.3, 0.4) is 0 Å². The first-order valence-electron chi connectivity index (χ1n) is 5.48. The number of nitrogens with zero attached hydrogens (tertiary/aromatic N) is 1. The van der Waals surface area contributed by atoms with Gasteiger partial charge in [-0.2, -0.15) is 0 Å². The number of hydrogen-bond acceptors (Lipinski definition) is 3. The van der Waals surface area contributed by atoms with Gasteiger partial charge in [-0.1, -0.05) is 13.0 Å². The number of carboxylic acid groups (broad SMARTS) is 1. The Kier molecular flexibility index (Phi) is 3.63. The van der Waals surface area contributed by atoms with Crippen LogP contribution < -0.4 is 0 Å². The summed E-state index contributed by atoms with van der Waals surface area (Å²) >= 11 is 6.56. The Labute approximate surface area is 109 Å². The van der Waals surface area contributed by atoms with Gasteiger partial charge in [-0.25, -0.2) is 4.79 Å². The van der Waals surface area contributed by atoms with Crippen molar-refractivity contribution < 1.29 is 9.90 Å². The molecule has 6 heteroatoms. The molecule has 2 N–H and O–H groups in total. The van der Waals surface area contributed by atoms with E-state index in [-0.39, 0.29) is 6.04 Å². The van der Waals surface area contributed by atoms with Crippen LogP contribution in [-0.2, 0) is 0 Å². The molecule has 92 valence electrons. The molecule has 1 aliphatic heterocycles. The second kappa shape index (κ2) is 5.01. The van der Waals surface area contributed by atoms with E-state index in [2.05, 4.69) is 4.98 Å². The molecule has 4 nitrogen and oxygen atoms in total. The summed E-state index contributed by atoms with van der Waals surface area (Å²) in [5, 5.41) is 11.1. The third kappa shape index (κ3) is 2.58. The van der Waals surface area contributed by atoms with E-state index in [9.17, 15) is 4.79 Å². The number of nitrogens with one attached hydrogen (secondary N) is 1. The lowest BCUT2D eigenvalue weighted by atomic mass is 9.97. The van der Waals surface area contributed by atoms with Crippen molar-refractivity contribution in [3.63, 3.8) is 0 Å². The molecule has 0 bridgehead atoms. The fourth-order valence-corrected chi connectivity index (χ4v) is 2.92. The quantitative estimate of drug-likeness (QED) is 0.810. The molecule has 2 rings (SSSR count). The summed E-state index contributed by atoms with van der Waals surface area (Å²) in [7, 11) is 0. The van der Waals surface area contributed by atoms with E-state index in [4.69, 9.17) is 17.3 Å². The maximum Gasteiger partial charge on any atom is 0.407 e. The van der Waals surface area contributed by atoms with Gasteiger partial charge < -0.3 is 15.0 Å². The molecule has 0 spiro atoms. The highest BCUT2D eigenvalue weighted by molar-refractivity contribution is 7.73. The second-order valence-electron chi connectivity index (χ2n) is 3.99. The number of rotatable bonds is 2. The van der Waals surface area contributed by atoms with E-state index in [0.717, 1.165) is 22.5 Å². The molecule has 0 saturated carbocycles. The van der Waals surface area contributed by atoms with Crippen LogP contribution in [0.2, 0.25) is 0 Å². The molecule has 17 heavy (non-hydrogen) atoms. The Morgan fingerprint density at radius 1 is 1.76 bits per heavy atom. The van der Waals surface area contributed by atoms with E-state index in [1.54, 1.807) is 0 Å². The zero-order valence-corrected chi connectivity index (χ0v) is 11.1. The van der Waals surface area contributed by atoms with Crippen LogP contribution in [0.5, 0.6) is 0 Å². The number of amides is 1. The minimum absolute atomic E-state index is 0.0642. The lowest BCUT2D eigenvalue weighted by Gasteiger charge is -2.32. The van der Waals surface area contributed by atoms with E-state index < -0.39 is 6.09 Å². The van der Waals surface area contributed by atoms with Gasteiger partial charge in [0.25, 0.3) is 0 Å². The molecule has 0 radical (unpaired) electrons. The first-order chi connectivity index (χ1) is 8.11. The molecule has 1 aromatic rings. The van der Waals surface area contributed by atoms with E-state index >= 15 is 0 Å². The zero-order chi connectivity index (χ0) is 12.4. The van der Waals surface area contributed by atoms with Crippen LogP contribution in [0.15, 0.2) is 11.5 Å². The summed E-state index contributed by atoms with van der Waals surface area (Å²) < 4.78 is 0.759. The normalized spacial score (nSPS) is 20.2. The molecule has 0 unspecified atom stereocenters. The summed E-state index contributed by atoms with van der Waals surface area (Å²) in [6, 6.07) is 0.0642. The average molecular weight is 270 g/mol. The van der Waals surface area contributed by atoms with Gasteiger partial charge in [0.2, 0.25) is 0 Å². The zero-order valence-electron chi connectivity index (χ0n) is 9.47. The van der Waals surface area contributed by atoms with Gasteiger partial charge in [-0.05, 0) is 30.6 Å². The highest BCUT2D eigenvalue weighted by atomic mass is 32.1. The number of aromatic nitrogens is 1. The van der Waals surface area contributed by atoms with Crippen molar-refractivity contribution in [3.05, 3.63) is 21.1 Å². The monoisotopic (exact) mass is 270 g/mol. The van der Waals surface area contributed by atoms with E-state index in [0.29, 0.717) is 6.54 Å². The SMILES string of the molecule is CC[C@@H]1CC(c2csc(=S)[nH]2)=CCN1C(=O)O. The van der Waals surface area contributed by atoms with Crippen LogP contribution in [0, 0.1) is 3.95 Å². The Hall–Kier alpha value is -1.14. The van der Waals surface area contributed by atoms with Gasteiger partial charge in [-0.3, -0.25) is 0 Å². The molecule has 1 atom stereocenters. The lowest BCUT2D eigenvalue weighted by molar-refractivity contribution is 0.128. The highest BCUT2D eigenvalue weighted by Gasteiger charge is 2.26. The number of hydrogen-bond donors (Lipinski definition) is 2. The second-order valence-corrected chi connectivity index (χ2v) is 5.54. The lowest BCUT2D eigenvalue weighted by Crippen LogP contribution is -2.41. The summed E-state index contributed by atoms with van der Waals surface area (Å²) in [6.07, 6.45) is 2.71. The number of aromatic amines is 1. The molecule has 1 aliphatic rings. The first-order valence-corrected chi connectivity index (χ1v) is 6.77. The standard InChI is InChI=1S/C11H14N2O2S2/c1-2-8-5-7(3-4-13(8)11(14)15)9-6-17-10(16)12-9/h3,6,8H,2,4-5H2,1H3,(H,12,16)(H,14,15)/t8-/m1/s1. The maximum atomic E-state index is 11.0. The largest absolute Gasteiger partial charge is 0.465 e. The molecular weight excluding hydrogens is 256 g/mol. The minimum atomic E-state index is -0.842. The van der Waals surface area contributed by atoms with Gasteiger partial charge in [0.15, 0.2) is 3.95 Å². The fourth-order valence-electron chi connectivity index (χ4n) is 2.06. The number of thiazole rings is 1. The van der Waals surface area contributed by atoms with Crippen molar-refractivity contribution in [1.29, 1.82) is 0 Å². The Balaban J connectivity index is 2.23. The van der Waals surface area contributed by atoms with E-state index in [1.165, 1.54) is 21.8 Å². The average Bonchev–Trinajstić information content (AvgIpc) is 2.75. The van der Waals surface area contributed by atoms with Gasteiger partial charge in [0.1, 0.15) is 0 Å². The Morgan fingerprint density at radius 2 is 2.53 bits per heavy atom. The maximum absolute atomic E-state index is 11.0. The minimum Gasteiger partial charge on any atom is -0.465 e. The third-order valence-electron chi connectivity index (χ3n) is 3.01. The summed E-state index contributed by atoms with van der Waals surface area (Å²) in [4.78, 5) is 15.7. The van der Waals surface area contributed by atoms with Crippen molar-refractivity contribution in [2.24, 2.45) is 0 Å². The van der Waals surface area contributed by atoms with Gasteiger partial charge in [-0.15, -0.1) is 11.3 Å². The third-order valence-corrected chi connectivity index (χ3v) is 4.07. The van der Waals surface area contributed by atoms with Crippen molar-refractivity contribution in [3.8, 4) is 0 Å². The van der Waals surface area contributed by atoms with Crippen molar-refractivity contribution in [1.82, 2.24) is 9.88 Å². The van der Waals surface area contributed by atoms with Gasteiger partial charge in [0.05, 0.1) is 5.69 Å². The topological polar surface area (TPSA) is 56.3 Å². The van der Waals surface area contributed by atoms with Crippen LogP contribution in [0.25, 0.3) is 5.57 Å². The van der Waals surface area contributed by atoms with Crippen LogP contribution >= 0.6 is 23.6 Å². The van der Waals surface area contributed by atoms with Crippen LogP contribution in [0.4, 0.5) is 4.79 Å². The molecule has 0 fully saturated rings. The van der Waals surface area contributed by atoms with Crippen molar-refractivity contribution in [2.75, 3.05) is 6.54 Å². The molecule has 2 heterocycles. The van der Waals surface area contributed by atoms with Crippen LogP contribution in [-0.4, -0.2) is 33.7 Å². The molecule has 1 amide bonds. The summed E-state index contributed by atoms with van der Waals surface area (Å²) in [6.45, 7) is 2.47. The van der Waals surface area contributed by atoms with E-state index in [1.807, 2.05) is 18.4 Å². The molecule has 1 aromatic heterocycles. The van der Waals surface area contributed by atoms with Crippen LogP contribution in [0.1, 0.15) is 25.5 Å². The predicted octanol–water partition coefficient (Wildman–Crippen LogP) is 3.35. The van der Waals surface area contributed by atoms with Gasteiger partial charge >= 0.3 is 6.09 Å². The molecule has 0 aliphatic carbocycles. The molecule has 0 saturated heterocycles. The molecular formula is C11H14N2O2S2. The smallest absolute Gasteiger partial charge is 0.407 e. The predicted molar refractivity (Wildman–Crippen MR) is 70.9 cm³/mol. The van der Waals surface area contributed by atoms with Gasteiger partial charge in [0, 0.05) is 18.0 Å². The Bertz CT molecular complexity index is 504. The fraction of sp³-hybridized carbons (Fsp3) is 0.455. The highest BCUT2D eigenvalue weighted by Crippen LogP contribution is 2.28.